The molecule has 1 fully saturated rings. The number of benzene rings is 2. The second kappa shape index (κ2) is 12.9. The smallest absolute Gasteiger partial charge is 0.494 e. The Hall–Kier alpha value is -4.89. The first-order chi connectivity index (χ1) is 23.2. The van der Waals surface area contributed by atoms with Crippen molar-refractivity contribution in [2.75, 3.05) is 20.3 Å². The predicted octanol–water partition coefficient (Wildman–Crippen LogP) is 5.29. The van der Waals surface area contributed by atoms with E-state index in [4.69, 9.17) is 26.8 Å². The van der Waals surface area contributed by atoms with Crippen LogP contribution in [0.5, 0.6) is 23.0 Å². The number of hydrogen-bond donors (Lipinski definition) is 3. The molecule has 3 heterocycles. The van der Waals surface area contributed by atoms with Crippen LogP contribution < -0.4 is 30.0 Å². The van der Waals surface area contributed by atoms with Gasteiger partial charge in [0.25, 0.3) is 12.3 Å². The molecule has 2 aliphatic rings. The van der Waals surface area contributed by atoms with E-state index in [0.29, 0.717) is 40.2 Å². The van der Waals surface area contributed by atoms with Crippen molar-refractivity contribution in [1.82, 2.24) is 15.3 Å². The number of primary amides is 1. The van der Waals surface area contributed by atoms with Gasteiger partial charge in [-0.1, -0.05) is 11.6 Å². The number of carbonyl (C=O) groups is 2. The van der Waals surface area contributed by atoms with Gasteiger partial charge in [-0.3, -0.25) is 9.59 Å². The summed E-state index contributed by atoms with van der Waals surface area (Å²) in [5.74, 6) is -2.45. The maximum Gasteiger partial charge on any atom is 0.586 e. The fourth-order valence-electron chi connectivity index (χ4n) is 5.66. The topological polar surface area (TPSA) is 155 Å². The number of aliphatic hydroxyl groups is 1. The number of pyridine rings is 2. The molecule has 0 bridgehead atoms. The highest BCUT2D eigenvalue weighted by atomic mass is 35.5. The minimum Gasteiger partial charge on any atom is -0.494 e. The number of nitrogens with one attached hydrogen (secondary N) is 1. The number of hydrogen-bond acceptors (Lipinski definition) is 9. The SMILES string of the molecule is COc1cc(C(=O)NC[C@](O)(c2cc(CC(N)=O)c(OCC(F)F)c(-c3ccc4c(c3)OC(F)(F)O4)n2)C2CC2)cc2cc(Cl)c(C)nc12. The third-order valence-corrected chi connectivity index (χ3v) is 8.53. The molecule has 2 aromatic carbocycles. The van der Waals surface area contributed by atoms with E-state index in [1.807, 2.05) is 0 Å². The van der Waals surface area contributed by atoms with Gasteiger partial charge in [-0.25, -0.2) is 18.7 Å². The summed E-state index contributed by atoms with van der Waals surface area (Å²) in [5.41, 5.74) is 4.75. The first-order valence-corrected chi connectivity index (χ1v) is 15.3. The largest absolute Gasteiger partial charge is 0.586 e. The van der Waals surface area contributed by atoms with Gasteiger partial charge in [0.05, 0.1) is 36.5 Å². The van der Waals surface area contributed by atoms with Crippen molar-refractivity contribution in [2.24, 2.45) is 11.7 Å². The van der Waals surface area contributed by atoms with E-state index in [2.05, 4.69) is 24.8 Å². The second-order valence-corrected chi connectivity index (χ2v) is 12.1. The van der Waals surface area contributed by atoms with Gasteiger partial charge in [-0.05, 0) is 68.1 Å². The molecule has 0 spiro atoms. The Bertz CT molecular complexity index is 1980. The van der Waals surface area contributed by atoms with Crippen molar-refractivity contribution in [1.29, 1.82) is 0 Å². The number of fused-ring (bicyclic) bond motifs is 2. The molecule has 6 rings (SSSR count). The summed E-state index contributed by atoms with van der Waals surface area (Å²) in [4.78, 5) is 34.7. The highest BCUT2D eigenvalue weighted by molar-refractivity contribution is 6.31. The van der Waals surface area contributed by atoms with Crippen LogP contribution in [0.15, 0.2) is 42.5 Å². The lowest BCUT2D eigenvalue weighted by molar-refractivity contribution is -0.286. The number of aromatic nitrogens is 2. The average Bonchev–Trinajstić information content (AvgIpc) is 3.84. The monoisotopic (exact) mass is 704 g/mol. The molecule has 4 N–H and O–H groups in total. The maximum atomic E-state index is 13.8. The van der Waals surface area contributed by atoms with Crippen LogP contribution in [-0.2, 0) is 16.8 Å². The Morgan fingerprint density at radius 1 is 1.14 bits per heavy atom. The lowest BCUT2D eigenvalue weighted by Crippen LogP contribution is -2.43. The van der Waals surface area contributed by atoms with Gasteiger partial charge in [0, 0.05) is 22.1 Å². The predicted molar refractivity (Wildman–Crippen MR) is 167 cm³/mol. The van der Waals surface area contributed by atoms with Crippen LogP contribution in [0.3, 0.4) is 0 Å². The zero-order chi connectivity index (χ0) is 35.2. The fourth-order valence-corrected chi connectivity index (χ4v) is 5.82. The Balaban J connectivity index is 1.40. The summed E-state index contributed by atoms with van der Waals surface area (Å²) in [6.07, 6.45) is -6.28. The number of nitrogens with zero attached hydrogens (tertiary/aromatic N) is 2. The van der Waals surface area contributed by atoms with E-state index in [9.17, 15) is 32.3 Å². The minimum atomic E-state index is -3.94. The molecule has 4 aromatic rings. The van der Waals surface area contributed by atoms with Gasteiger partial charge in [-0.2, -0.15) is 0 Å². The van der Waals surface area contributed by atoms with Crippen LogP contribution in [0.4, 0.5) is 17.6 Å². The first kappa shape index (κ1) is 34.0. The number of halogens is 5. The molecule has 1 atom stereocenters. The van der Waals surface area contributed by atoms with Crippen LogP contribution >= 0.6 is 11.6 Å². The van der Waals surface area contributed by atoms with Crippen LogP contribution in [-0.4, -0.2) is 59.9 Å². The van der Waals surface area contributed by atoms with E-state index < -0.39 is 49.1 Å². The Kier molecular flexibility index (Phi) is 8.92. The lowest BCUT2D eigenvalue weighted by Gasteiger charge is -2.30. The van der Waals surface area contributed by atoms with Crippen LogP contribution in [0, 0.1) is 12.8 Å². The number of rotatable bonds is 12. The minimum absolute atomic E-state index is 0.000450. The molecule has 11 nitrogen and oxygen atoms in total. The standard InChI is InChI=1S/C33H29ClF4N4O7/c1-15-21(34)8-17-7-19(10-24(46-2)28(17)41-15)31(44)40-14-32(45,20-4-5-20)25-11-18(12-27(39)43)30(47-13-26(35)36)29(42-25)16-3-6-22-23(9-16)49-33(37,38)48-22/h3,6-11,20,26,45H,4-5,12-14H2,1-2H3,(H2,39,43)(H,40,44)/t32-/m1/s1. The molecule has 0 saturated heterocycles. The average molecular weight is 705 g/mol. The van der Waals surface area contributed by atoms with Crippen LogP contribution in [0.2, 0.25) is 5.02 Å². The summed E-state index contributed by atoms with van der Waals surface area (Å²) >= 11 is 6.27. The molecule has 1 aliphatic carbocycles. The summed E-state index contributed by atoms with van der Waals surface area (Å²) < 4.78 is 74.2. The molecule has 1 saturated carbocycles. The first-order valence-electron chi connectivity index (χ1n) is 15.0. The van der Waals surface area contributed by atoms with Gasteiger partial charge in [0.1, 0.15) is 34.9 Å². The number of methoxy groups -OCH3 is 1. The highest BCUT2D eigenvalue weighted by Crippen LogP contribution is 2.48. The zero-order valence-corrected chi connectivity index (χ0v) is 26.7. The molecular weight excluding hydrogens is 676 g/mol. The van der Waals surface area contributed by atoms with Crippen molar-refractivity contribution in [3.63, 3.8) is 0 Å². The molecule has 0 radical (unpaired) electrons. The van der Waals surface area contributed by atoms with E-state index in [1.54, 1.807) is 19.1 Å². The quantitative estimate of drug-likeness (QED) is 0.167. The Morgan fingerprint density at radius 2 is 1.88 bits per heavy atom. The number of ether oxygens (including phenoxy) is 4. The van der Waals surface area contributed by atoms with E-state index in [1.165, 1.54) is 31.4 Å². The Morgan fingerprint density at radius 3 is 2.55 bits per heavy atom. The molecule has 2 aromatic heterocycles. The third kappa shape index (κ3) is 6.99. The van der Waals surface area contributed by atoms with Crippen LogP contribution in [0.25, 0.3) is 22.2 Å². The number of nitrogens with two attached hydrogens (primary N) is 1. The maximum absolute atomic E-state index is 13.8. The summed E-state index contributed by atoms with van der Waals surface area (Å²) in [6, 6.07) is 9.64. The van der Waals surface area contributed by atoms with Gasteiger partial charge in [0.2, 0.25) is 5.91 Å². The van der Waals surface area contributed by atoms with Crippen molar-refractivity contribution in [2.45, 2.75) is 44.5 Å². The van der Waals surface area contributed by atoms with Crippen molar-refractivity contribution in [3.8, 4) is 34.3 Å². The van der Waals surface area contributed by atoms with E-state index in [0.717, 1.165) is 6.07 Å². The number of amides is 2. The second-order valence-electron chi connectivity index (χ2n) is 11.7. The van der Waals surface area contributed by atoms with E-state index in [-0.39, 0.29) is 51.9 Å². The number of carbonyl (C=O) groups excluding carboxylic acids is 2. The van der Waals surface area contributed by atoms with E-state index >= 15 is 0 Å². The highest BCUT2D eigenvalue weighted by Gasteiger charge is 2.47. The lowest BCUT2D eigenvalue weighted by atomic mass is 9.90. The normalized spacial score (nSPS) is 16.0. The molecule has 2 amide bonds. The molecule has 49 heavy (non-hydrogen) atoms. The number of alkyl halides is 4. The fraction of sp³-hybridized carbons (Fsp3) is 0.333. The molecule has 258 valence electrons. The molecular formula is C33H29ClF4N4O7. The van der Waals surface area contributed by atoms with Gasteiger partial charge in [-0.15, -0.1) is 8.78 Å². The zero-order valence-electron chi connectivity index (χ0n) is 26.0. The van der Waals surface area contributed by atoms with Gasteiger partial charge in [0.15, 0.2) is 11.5 Å². The molecule has 16 heteroatoms. The van der Waals surface area contributed by atoms with Crippen LogP contribution in [0.1, 0.15) is 40.2 Å². The summed E-state index contributed by atoms with van der Waals surface area (Å²) in [7, 11) is 1.43. The summed E-state index contributed by atoms with van der Waals surface area (Å²) in [6.45, 7) is 0.273. The third-order valence-electron chi connectivity index (χ3n) is 8.15. The Labute approximate surface area is 281 Å². The molecule has 1 aliphatic heterocycles. The number of aryl methyl sites for hydroxylation is 1. The molecule has 0 unspecified atom stereocenters. The summed E-state index contributed by atoms with van der Waals surface area (Å²) in [5, 5.41) is 15.8. The van der Waals surface area contributed by atoms with Crippen molar-refractivity contribution < 1.29 is 51.2 Å². The van der Waals surface area contributed by atoms with Gasteiger partial charge < -0.3 is 35.1 Å². The van der Waals surface area contributed by atoms with Crippen molar-refractivity contribution in [3.05, 3.63) is 70.0 Å². The van der Waals surface area contributed by atoms with Gasteiger partial charge >= 0.3 is 6.29 Å². The van der Waals surface area contributed by atoms with Crippen molar-refractivity contribution >= 4 is 34.3 Å².